The Morgan fingerprint density at radius 1 is 1.16 bits per heavy atom. The number of rotatable bonds is 5. The molecule has 1 fully saturated rings. The number of nitrogens with two attached hydrogens (primary N) is 1. The lowest BCUT2D eigenvalue weighted by molar-refractivity contribution is 0.0504. The molecule has 2 aliphatic heterocycles. The quantitative estimate of drug-likeness (QED) is 0.528. The molecule has 3 heterocycles. The topological polar surface area (TPSA) is 133 Å². The van der Waals surface area contributed by atoms with Crippen LogP contribution in [0.25, 0.3) is 5.69 Å². The van der Waals surface area contributed by atoms with Gasteiger partial charge in [0.05, 0.1) is 47.9 Å². The minimum absolute atomic E-state index is 0.0584. The summed E-state index contributed by atoms with van der Waals surface area (Å²) in [7, 11) is 0. The lowest BCUT2D eigenvalue weighted by atomic mass is 10.1. The van der Waals surface area contributed by atoms with E-state index in [4.69, 9.17) is 15.2 Å². The molecule has 10 heteroatoms. The Balaban J connectivity index is 1.84. The van der Waals surface area contributed by atoms with Crippen molar-refractivity contribution >= 4 is 29.3 Å². The third-order valence-corrected chi connectivity index (χ3v) is 5.20. The zero-order valence-corrected chi connectivity index (χ0v) is 17.0. The van der Waals surface area contributed by atoms with E-state index in [9.17, 15) is 19.2 Å². The summed E-state index contributed by atoms with van der Waals surface area (Å²) >= 11 is 0. The first kappa shape index (κ1) is 20.6. The van der Waals surface area contributed by atoms with E-state index in [1.807, 2.05) is 11.8 Å². The highest BCUT2D eigenvalue weighted by Gasteiger charge is 2.32. The Morgan fingerprint density at radius 3 is 2.61 bits per heavy atom. The van der Waals surface area contributed by atoms with Gasteiger partial charge in [0.25, 0.3) is 17.4 Å². The molecule has 0 aliphatic carbocycles. The number of carbonyl (C=O) groups is 3. The number of nitrogens with one attached hydrogen (secondary N) is 1. The third kappa shape index (κ3) is 3.66. The Hall–Kier alpha value is -3.66. The van der Waals surface area contributed by atoms with Crippen molar-refractivity contribution in [2.75, 3.05) is 43.5 Å². The number of carbonyl (C=O) groups excluding carboxylic acids is 3. The number of anilines is 2. The summed E-state index contributed by atoms with van der Waals surface area (Å²) in [4.78, 5) is 51.6. The predicted octanol–water partition coefficient (Wildman–Crippen LogP) is 0.707. The second kappa shape index (κ2) is 8.23. The van der Waals surface area contributed by atoms with Crippen molar-refractivity contribution in [3.05, 3.63) is 51.3 Å². The van der Waals surface area contributed by atoms with Gasteiger partial charge in [-0.15, -0.1) is 0 Å². The molecular formula is C21H22N4O6. The van der Waals surface area contributed by atoms with Crippen molar-refractivity contribution in [3.8, 4) is 5.69 Å². The largest absolute Gasteiger partial charge is 0.462 e. The summed E-state index contributed by atoms with van der Waals surface area (Å²) < 4.78 is 11.8. The van der Waals surface area contributed by atoms with Gasteiger partial charge in [-0.25, -0.2) is 4.79 Å². The molecule has 1 aromatic carbocycles. The van der Waals surface area contributed by atoms with Gasteiger partial charge in [0.15, 0.2) is 0 Å². The fraction of sp³-hybridized carbons (Fsp3) is 0.333. The van der Waals surface area contributed by atoms with Crippen LogP contribution < -0.4 is 21.5 Å². The van der Waals surface area contributed by atoms with E-state index >= 15 is 0 Å². The van der Waals surface area contributed by atoms with E-state index in [-0.39, 0.29) is 34.8 Å². The van der Waals surface area contributed by atoms with Crippen LogP contribution in [0.15, 0.2) is 29.1 Å². The Bertz CT molecular complexity index is 1130. The highest BCUT2D eigenvalue weighted by Crippen LogP contribution is 2.28. The van der Waals surface area contributed by atoms with Gasteiger partial charge in [-0.05, 0) is 24.6 Å². The van der Waals surface area contributed by atoms with Crippen molar-refractivity contribution in [2.45, 2.75) is 13.3 Å². The molecule has 31 heavy (non-hydrogen) atoms. The lowest BCUT2D eigenvalue weighted by Gasteiger charge is -2.30. The molecule has 3 N–H and O–H groups in total. The number of hydrogen-bond acceptors (Lipinski definition) is 8. The maximum atomic E-state index is 12.8. The van der Waals surface area contributed by atoms with E-state index in [0.29, 0.717) is 38.4 Å². The van der Waals surface area contributed by atoms with Crippen LogP contribution in [0.4, 0.5) is 11.5 Å². The number of esters is 1. The van der Waals surface area contributed by atoms with Crippen molar-refractivity contribution in [1.29, 1.82) is 0 Å². The van der Waals surface area contributed by atoms with Crippen molar-refractivity contribution in [1.82, 2.24) is 9.88 Å². The van der Waals surface area contributed by atoms with Crippen LogP contribution in [0.1, 0.15) is 44.4 Å². The van der Waals surface area contributed by atoms with E-state index < -0.39 is 23.3 Å². The van der Waals surface area contributed by atoms with Crippen molar-refractivity contribution in [3.63, 3.8) is 0 Å². The van der Waals surface area contributed by atoms with Gasteiger partial charge >= 0.3 is 5.97 Å². The highest BCUT2D eigenvalue weighted by atomic mass is 16.5. The number of ether oxygens (including phenoxy) is 2. The summed E-state index contributed by atoms with van der Waals surface area (Å²) in [6.07, 6.45) is 0.665. The molecule has 2 aromatic rings. The predicted molar refractivity (Wildman–Crippen MR) is 112 cm³/mol. The molecular weight excluding hydrogens is 404 g/mol. The summed E-state index contributed by atoms with van der Waals surface area (Å²) in [5.74, 6) is -2.02. The summed E-state index contributed by atoms with van der Waals surface area (Å²) in [6, 6.07) is 5.94. The number of nitrogens with zero attached hydrogens (tertiary/aromatic N) is 2. The standard InChI is InChI=1S/C21H22N4O6/c1-2-7-31-21(29)13-10-12(3-4-15(13)24-5-8-30-9-6-24)25-16(26)11-14-17(18(25)22)20(28)23-19(14)27/h3-4,10-11H,2,5-9,22H2,1H3,(H,23,27,28). The third-order valence-electron chi connectivity index (χ3n) is 5.20. The molecule has 0 saturated carbocycles. The van der Waals surface area contributed by atoms with Crippen LogP contribution in [-0.4, -0.2) is 55.3 Å². The minimum Gasteiger partial charge on any atom is -0.462 e. The maximum absolute atomic E-state index is 12.8. The zero-order chi connectivity index (χ0) is 22.1. The molecule has 0 bridgehead atoms. The number of pyridine rings is 1. The number of aromatic nitrogens is 1. The monoisotopic (exact) mass is 426 g/mol. The summed E-state index contributed by atoms with van der Waals surface area (Å²) in [5.41, 5.74) is 6.64. The molecule has 2 amide bonds. The maximum Gasteiger partial charge on any atom is 0.340 e. The average Bonchev–Trinajstić information content (AvgIpc) is 3.05. The lowest BCUT2D eigenvalue weighted by Crippen LogP contribution is -2.37. The first-order valence-corrected chi connectivity index (χ1v) is 9.97. The highest BCUT2D eigenvalue weighted by molar-refractivity contribution is 6.23. The number of nitrogen functional groups attached to an aromatic ring is 1. The van der Waals surface area contributed by atoms with E-state index in [1.165, 1.54) is 6.07 Å². The number of hydrogen-bond donors (Lipinski definition) is 2. The zero-order valence-electron chi connectivity index (χ0n) is 17.0. The van der Waals surface area contributed by atoms with Gasteiger partial charge in [-0.3, -0.25) is 24.3 Å². The van der Waals surface area contributed by atoms with E-state index in [1.54, 1.807) is 12.1 Å². The molecule has 4 rings (SSSR count). The smallest absolute Gasteiger partial charge is 0.340 e. The van der Waals surface area contributed by atoms with Crippen LogP contribution in [0.3, 0.4) is 0 Å². The number of imide groups is 1. The minimum atomic E-state index is -0.668. The normalized spacial score (nSPS) is 15.6. The van der Waals surface area contributed by atoms with Gasteiger partial charge in [0.2, 0.25) is 0 Å². The molecule has 162 valence electrons. The van der Waals surface area contributed by atoms with E-state index in [0.717, 1.165) is 10.6 Å². The summed E-state index contributed by atoms with van der Waals surface area (Å²) in [6.45, 7) is 4.43. The SMILES string of the molecule is CCCOC(=O)c1cc(-n2c(N)c3c(cc2=O)C(=O)NC3=O)ccc1N1CCOCC1. The van der Waals surface area contributed by atoms with Gasteiger partial charge in [-0.2, -0.15) is 0 Å². The molecule has 0 unspecified atom stereocenters. The molecule has 10 nitrogen and oxygen atoms in total. The molecule has 0 radical (unpaired) electrons. The average molecular weight is 426 g/mol. The Labute approximate surface area is 177 Å². The molecule has 1 saturated heterocycles. The summed E-state index contributed by atoms with van der Waals surface area (Å²) in [5, 5.41) is 2.13. The second-order valence-electron chi connectivity index (χ2n) is 7.21. The molecule has 1 aromatic heterocycles. The molecule has 0 spiro atoms. The first-order valence-electron chi connectivity index (χ1n) is 9.97. The van der Waals surface area contributed by atoms with Crippen LogP contribution in [0.2, 0.25) is 0 Å². The number of benzene rings is 1. The molecule has 2 aliphatic rings. The van der Waals surface area contributed by atoms with Crippen LogP contribution >= 0.6 is 0 Å². The number of amides is 2. The first-order chi connectivity index (χ1) is 14.9. The van der Waals surface area contributed by atoms with Crippen molar-refractivity contribution < 1.29 is 23.9 Å². The van der Waals surface area contributed by atoms with Gasteiger partial charge in [-0.1, -0.05) is 6.92 Å². The van der Waals surface area contributed by atoms with Crippen LogP contribution in [-0.2, 0) is 9.47 Å². The van der Waals surface area contributed by atoms with E-state index in [2.05, 4.69) is 5.32 Å². The Kier molecular flexibility index (Phi) is 5.47. The fourth-order valence-corrected chi connectivity index (χ4v) is 3.72. The van der Waals surface area contributed by atoms with Crippen molar-refractivity contribution in [2.24, 2.45) is 0 Å². The number of fused-ring (bicyclic) bond motifs is 1. The van der Waals surface area contributed by atoms with Gasteiger partial charge in [0, 0.05) is 19.2 Å². The van der Waals surface area contributed by atoms with Crippen LogP contribution in [0, 0.1) is 0 Å². The number of morpholine rings is 1. The van der Waals surface area contributed by atoms with Gasteiger partial charge in [0.1, 0.15) is 5.82 Å². The Morgan fingerprint density at radius 2 is 1.90 bits per heavy atom. The second-order valence-corrected chi connectivity index (χ2v) is 7.21. The van der Waals surface area contributed by atoms with Crippen LogP contribution in [0.5, 0.6) is 0 Å². The van der Waals surface area contributed by atoms with Gasteiger partial charge < -0.3 is 20.1 Å². The fourth-order valence-electron chi connectivity index (χ4n) is 3.72. The molecule has 0 atom stereocenters.